The summed E-state index contributed by atoms with van der Waals surface area (Å²) in [5, 5.41) is 7.70. The van der Waals surface area contributed by atoms with Crippen LogP contribution in [0.5, 0.6) is 11.5 Å². The van der Waals surface area contributed by atoms with Crippen LogP contribution in [0.4, 0.5) is 5.13 Å². The number of nitrogens with one attached hydrogen (secondary N) is 2. The third-order valence-electron chi connectivity index (χ3n) is 4.90. The number of benzene rings is 1. The Bertz CT molecular complexity index is 1200. The van der Waals surface area contributed by atoms with E-state index >= 15 is 0 Å². The maximum absolute atomic E-state index is 12.5. The molecule has 0 fully saturated rings. The number of aromatic nitrogens is 1. The second-order valence-corrected chi connectivity index (χ2v) is 8.46. The van der Waals surface area contributed by atoms with Crippen molar-refractivity contribution < 1.29 is 23.5 Å². The number of anilines is 1. The standard InChI is InChI=1S/C24H25N3O5S/c1-4-30-21-11-17-9-14(2)31-22(17)10-16(21)5-8-23(29)27-24-26-19(13-33-24)20-7-6-18(32-20)12-25-15(3)28/h5-8,10-11,13-14H,4,9,12H2,1-3H3,(H,25,28)(H,26,27,29)/b8-5+. The predicted octanol–water partition coefficient (Wildman–Crippen LogP) is 4.41. The normalized spacial score (nSPS) is 14.7. The summed E-state index contributed by atoms with van der Waals surface area (Å²) < 4.78 is 17.3. The molecule has 0 bridgehead atoms. The third kappa shape index (κ3) is 5.61. The molecule has 0 radical (unpaired) electrons. The van der Waals surface area contributed by atoms with Gasteiger partial charge in [-0.25, -0.2) is 4.98 Å². The van der Waals surface area contributed by atoms with Crippen molar-refractivity contribution in [1.29, 1.82) is 0 Å². The van der Waals surface area contributed by atoms with Gasteiger partial charge in [-0.2, -0.15) is 0 Å². The van der Waals surface area contributed by atoms with Crippen molar-refractivity contribution in [3.8, 4) is 23.0 Å². The minimum absolute atomic E-state index is 0.130. The molecule has 0 spiro atoms. The number of hydrogen-bond acceptors (Lipinski definition) is 7. The van der Waals surface area contributed by atoms with E-state index in [-0.39, 0.29) is 17.9 Å². The van der Waals surface area contributed by atoms with Gasteiger partial charge in [-0.05, 0) is 44.2 Å². The average Bonchev–Trinajstić information content (AvgIpc) is 3.49. The van der Waals surface area contributed by atoms with Crippen molar-refractivity contribution in [2.45, 2.75) is 39.8 Å². The highest BCUT2D eigenvalue weighted by Gasteiger charge is 2.21. The Balaban J connectivity index is 1.41. The van der Waals surface area contributed by atoms with E-state index in [0.29, 0.717) is 35.5 Å². The molecule has 2 N–H and O–H groups in total. The number of carbonyl (C=O) groups excluding carboxylic acids is 2. The van der Waals surface area contributed by atoms with E-state index in [9.17, 15) is 9.59 Å². The van der Waals surface area contributed by atoms with Crippen molar-refractivity contribution >= 4 is 34.4 Å². The average molecular weight is 468 g/mol. The fraction of sp³-hybridized carbons (Fsp3) is 0.292. The summed E-state index contributed by atoms with van der Waals surface area (Å²) in [5.41, 5.74) is 2.50. The molecule has 3 aromatic rings. The SMILES string of the molecule is CCOc1cc2c(cc1/C=C/C(=O)Nc1nc(-c3ccc(CNC(C)=O)o3)cs1)OC(C)C2. The van der Waals surface area contributed by atoms with Crippen molar-refractivity contribution in [1.82, 2.24) is 10.3 Å². The Hall–Kier alpha value is -3.59. The first-order valence-electron chi connectivity index (χ1n) is 10.7. The zero-order chi connectivity index (χ0) is 23.4. The van der Waals surface area contributed by atoms with Gasteiger partial charge in [0.2, 0.25) is 11.8 Å². The van der Waals surface area contributed by atoms with Gasteiger partial charge in [0.15, 0.2) is 10.9 Å². The molecule has 8 nitrogen and oxygen atoms in total. The highest BCUT2D eigenvalue weighted by atomic mass is 32.1. The van der Waals surface area contributed by atoms with Crippen LogP contribution in [0.25, 0.3) is 17.5 Å². The lowest BCUT2D eigenvalue weighted by Gasteiger charge is -2.10. The number of hydrogen-bond donors (Lipinski definition) is 2. The highest BCUT2D eigenvalue weighted by Crippen LogP contribution is 2.35. The van der Waals surface area contributed by atoms with Crippen molar-refractivity contribution in [2.75, 3.05) is 11.9 Å². The molecular weight excluding hydrogens is 442 g/mol. The van der Waals surface area contributed by atoms with E-state index < -0.39 is 0 Å². The fourth-order valence-electron chi connectivity index (χ4n) is 3.44. The summed E-state index contributed by atoms with van der Waals surface area (Å²) in [6, 6.07) is 7.45. The number of nitrogens with zero attached hydrogens (tertiary/aromatic N) is 1. The molecule has 1 aliphatic heterocycles. The minimum atomic E-state index is -0.307. The Kier molecular flexibility index (Phi) is 6.79. The number of amides is 2. The lowest BCUT2D eigenvalue weighted by atomic mass is 10.1. The van der Waals surface area contributed by atoms with E-state index in [4.69, 9.17) is 13.9 Å². The highest BCUT2D eigenvalue weighted by molar-refractivity contribution is 7.14. The van der Waals surface area contributed by atoms with Crippen LogP contribution in [0.3, 0.4) is 0 Å². The molecule has 0 saturated heterocycles. The van der Waals surface area contributed by atoms with E-state index in [0.717, 1.165) is 29.0 Å². The van der Waals surface area contributed by atoms with E-state index in [1.807, 2.05) is 26.0 Å². The number of thiazole rings is 1. The van der Waals surface area contributed by atoms with Crippen molar-refractivity contribution in [2.24, 2.45) is 0 Å². The smallest absolute Gasteiger partial charge is 0.250 e. The largest absolute Gasteiger partial charge is 0.493 e. The number of ether oxygens (including phenoxy) is 2. The predicted molar refractivity (Wildman–Crippen MR) is 126 cm³/mol. The molecule has 4 rings (SSSR count). The molecule has 2 aromatic heterocycles. The fourth-order valence-corrected chi connectivity index (χ4v) is 4.15. The monoisotopic (exact) mass is 467 g/mol. The van der Waals surface area contributed by atoms with Gasteiger partial charge in [0.05, 0.1) is 13.2 Å². The topological polar surface area (TPSA) is 103 Å². The summed E-state index contributed by atoms with van der Waals surface area (Å²) in [6.45, 7) is 6.24. The maximum Gasteiger partial charge on any atom is 0.250 e. The van der Waals surface area contributed by atoms with Crippen molar-refractivity contribution in [3.05, 3.63) is 52.6 Å². The van der Waals surface area contributed by atoms with Gasteiger partial charge >= 0.3 is 0 Å². The van der Waals surface area contributed by atoms with E-state index in [2.05, 4.69) is 15.6 Å². The lowest BCUT2D eigenvalue weighted by Crippen LogP contribution is -2.18. The van der Waals surface area contributed by atoms with Crippen molar-refractivity contribution in [3.63, 3.8) is 0 Å². The van der Waals surface area contributed by atoms with Crippen LogP contribution in [0.1, 0.15) is 37.7 Å². The summed E-state index contributed by atoms with van der Waals surface area (Å²) in [6.07, 6.45) is 4.13. The molecule has 1 unspecified atom stereocenters. The number of carbonyl (C=O) groups is 2. The van der Waals surface area contributed by atoms with E-state index in [1.54, 1.807) is 23.6 Å². The van der Waals surface area contributed by atoms with Gasteiger partial charge < -0.3 is 19.2 Å². The molecule has 0 aliphatic carbocycles. The Morgan fingerprint density at radius 1 is 1.33 bits per heavy atom. The molecule has 3 heterocycles. The van der Waals surface area contributed by atoms with Crippen LogP contribution >= 0.6 is 11.3 Å². The second-order valence-electron chi connectivity index (χ2n) is 7.60. The Morgan fingerprint density at radius 2 is 2.18 bits per heavy atom. The maximum atomic E-state index is 12.5. The summed E-state index contributed by atoms with van der Waals surface area (Å²) >= 11 is 1.30. The first-order chi connectivity index (χ1) is 15.9. The van der Waals surface area contributed by atoms with Crippen LogP contribution in [0, 0.1) is 0 Å². The molecule has 1 aliphatic rings. The van der Waals surface area contributed by atoms with Gasteiger partial charge in [-0.15, -0.1) is 11.3 Å². The lowest BCUT2D eigenvalue weighted by molar-refractivity contribution is -0.119. The van der Waals surface area contributed by atoms with Crippen LogP contribution < -0.4 is 20.1 Å². The van der Waals surface area contributed by atoms with Crippen LogP contribution in [-0.4, -0.2) is 29.5 Å². The Labute approximate surface area is 195 Å². The number of rotatable bonds is 8. The zero-order valence-electron chi connectivity index (χ0n) is 18.6. The van der Waals surface area contributed by atoms with E-state index in [1.165, 1.54) is 24.3 Å². The quantitative estimate of drug-likeness (QED) is 0.476. The number of fused-ring (bicyclic) bond motifs is 1. The molecule has 0 saturated carbocycles. The van der Waals surface area contributed by atoms with Gasteiger partial charge in [0, 0.05) is 35.9 Å². The first kappa shape index (κ1) is 22.6. The van der Waals surface area contributed by atoms with Crippen LogP contribution in [0.15, 0.2) is 40.1 Å². The molecule has 9 heteroatoms. The van der Waals surface area contributed by atoms with Gasteiger partial charge in [0.1, 0.15) is 29.1 Å². The molecule has 33 heavy (non-hydrogen) atoms. The zero-order valence-corrected chi connectivity index (χ0v) is 19.5. The molecule has 172 valence electrons. The second kappa shape index (κ2) is 9.91. The van der Waals surface area contributed by atoms with Gasteiger partial charge in [0.25, 0.3) is 0 Å². The molecule has 1 atom stereocenters. The summed E-state index contributed by atoms with van der Waals surface area (Å²) in [7, 11) is 0. The first-order valence-corrected chi connectivity index (χ1v) is 11.5. The van der Waals surface area contributed by atoms with Crippen LogP contribution in [-0.2, 0) is 22.6 Å². The summed E-state index contributed by atoms with van der Waals surface area (Å²) in [4.78, 5) is 27.9. The summed E-state index contributed by atoms with van der Waals surface area (Å²) in [5.74, 6) is 2.30. The number of furan rings is 1. The van der Waals surface area contributed by atoms with Gasteiger partial charge in [-0.3, -0.25) is 14.9 Å². The Morgan fingerprint density at radius 3 is 2.97 bits per heavy atom. The molecule has 1 aromatic carbocycles. The molecular formula is C24H25N3O5S. The third-order valence-corrected chi connectivity index (χ3v) is 5.66. The van der Waals surface area contributed by atoms with Gasteiger partial charge in [-0.1, -0.05) is 0 Å². The molecule has 2 amide bonds. The van der Waals surface area contributed by atoms with Crippen LogP contribution in [0.2, 0.25) is 0 Å². The minimum Gasteiger partial charge on any atom is -0.493 e.